The van der Waals surface area contributed by atoms with Crippen LogP contribution in [-0.2, 0) is 6.42 Å². The average molecular weight is 706 g/mol. The third-order valence-corrected chi connectivity index (χ3v) is 12.5. The molecule has 0 fully saturated rings. The van der Waals surface area contributed by atoms with E-state index in [-0.39, 0.29) is 0 Å². The van der Waals surface area contributed by atoms with Gasteiger partial charge in [0.2, 0.25) is 0 Å². The van der Waals surface area contributed by atoms with Gasteiger partial charge in [0.15, 0.2) is 0 Å². The lowest BCUT2D eigenvalue weighted by Gasteiger charge is -2.16. The van der Waals surface area contributed by atoms with Crippen molar-refractivity contribution in [2.45, 2.75) is 6.42 Å². The highest BCUT2D eigenvalue weighted by atomic mass is 32.1. The minimum Gasteiger partial charge on any atom is -0.295 e. The molecule has 0 amide bonds. The van der Waals surface area contributed by atoms with Crippen LogP contribution in [0.5, 0.6) is 0 Å². The Bertz CT molecular complexity index is 3350. The molecular formula is C50H31N3S. The molecule has 3 aromatic heterocycles. The van der Waals surface area contributed by atoms with Gasteiger partial charge in [0, 0.05) is 36.5 Å². The van der Waals surface area contributed by atoms with Gasteiger partial charge in [-0.15, -0.1) is 11.3 Å². The fraction of sp³-hybridized carbons (Fsp3) is 0.0200. The van der Waals surface area contributed by atoms with E-state index in [1.807, 2.05) is 11.3 Å². The third kappa shape index (κ3) is 4.32. The first-order valence-electron chi connectivity index (χ1n) is 18.5. The molecule has 252 valence electrons. The zero-order chi connectivity index (χ0) is 35.3. The highest BCUT2D eigenvalue weighted by Gasteiger charge is 2.25. The van der Waals surface area contributed by atoms with Gasteiger partial charge in [-0.3, -0.25) is 9.13 Å². The number of fused-ring (bicyclic) bond motifs is 13. The first-order valence-corrected chi connectivity index (χ1v) is 19.3. The highest BCUT2D eigenvalue weighted by molar-refractivity contribution is 7.25. The van der Waals surface area contributed by atoms with Crippen molar-refractivity contribution in [3.63, 3.8) is 0 Å². The summed E-state index contributed by atoms with van der Waals surface area (Å²) in [6.07, 6.45) is 3.21. The molecule has 0 saturated carbocycles. The standard InChI is InChI=1S/C50H31N3S/c1-3-11-37-33(9-1)22-27-45-49(37)41-29-35(31-17-19-32(20-18-31)36-21-25-40-39-13-5-8-16-46(39)54-47(40)30-36)23-26-43(41)52(45)48-28-24-34-10-2-4-12-38(34)50-51-42-14-6-7-15-44(42)53(48)50/h1-23,25-30H,24H2. The van der Waals surface area contributed by atoms with Gasteiger partial charge in [0.05, 0.1) is 22.1 Å². The van der Waals surface area contributed by atoms with Crippen LogP contribution in [0.25, 0.3) is 97.4 Å². The monoisotopic (exact) mass is 705 g/mol. The number of thiophene rings is 1. The topological polar surface area (TPSA) is 22.8 Å². The number of allylic oxidation sites excluding steroid dienone is 1. The molecule has 0 atom stereocenters. The van der Waals surface area contributed by atoms with Gasteiger partial charge in [0.1, 0.15) is 11.6 Å². The maximum atomic E-state index is 5.24. The molecule has 54 heavy (non-hydrogen) atoms. The van der Waals surface area contributed by atoms with Crippen molar-refractivity contribution in [3.05, 3.63) is 187 Å². The first-order chi connectivity index (χ1) is 26.8. The molecule has 0 aliphatic carbocycles. The normalized spacial score (nSPS) is 12.9. The fourth-order valence-electron chi connectivity index (χ4n) is 8.82. The summed E-state index contributed by atoms with van der Waals surface area (Å²) < 4.78 is 7.51. The lowest BCUT2D eigenvalue weighted by Crippen LogP contribution is -2.12. The Labute approximate surface area is 315 Å². The van der Waals surface area contributed by atoms with E-state index >= 15 is 0 Å². The maximum absolute atomic E-state index is 5.24. The number of nitrogens with zero attached hydrogens (tertiary/aromatic N) is 3. The molecule has 1 aliphatic rings. The predicted octanol–water partition coefficient (Wildman–Crippen LogP) is 13.4. The zero-order valence-electron chi connectivity index (χ0n) is 29.2. The average Bonchev–Trinajstić information content (AvgIpc) is 3.88. The van der Waals surface area contributed by atoms with Crippen molar-refractivity contribution >= 4 is 75.1 Å². The van der Waals surface area contributed by atoms with Crippen LogP contribution in [0.15, 0.2) is 176 Å². The zero-order valence-corrected chi connectivity index (χ0v) is 30.0. The highest BCUT2D eigenvalue weighted by Crippen LogP contribution is 2.42. The lowest BCUT2D eigenvalue weighted by atomic mass is 9.97. The van der Waals surface area contributed by atoms with E-state index in [1.165, 1.54) is 86.1 Å². The Morgan fingerprint density at radius 2 is 1.15 bits per heavy atom. The van der Waals surface area contributed by atoms with Crippen LogP contribution in [0.2, 0.25) is 0 Å². The van der Waals surface area contributed by atoms with Crippen molar-refractivity contribution in [1.82, 2.24) is 14.1 Å². The Morgan fingerprint density at radius 3 is 2.06 bits per heavy atom. The van der Waals surface area contributed by atoms with E-state index in [1.54, 1.807) is 0 Å². The lowest BCUT2D eigenvalue weighted by molar-refractivity contribution is 0.817. The van der Waals surface area contributed by atoms with Crippen LogP contribution >= 0.6 is 11.3 Å². The summed E-state index contributed by atoms with van der Waals surface area (Å²) in [5.41, 5.74) is 11.8. The number of rotatable bonds is 3. The quantitative estimate of drug-likeness (QED) is 0.179. The number of aromatic nitrogens is 3. The summed E-state index contributed by atoms with van der Waals surface area (Å²) in [5.74, 6) is 2.09. The Hall–Kier alpha value is -6.75. The largest absolute Gasteiger partial charge is 0.295 e. The first kappa shape index (κ1) is 29.8. The Kier molecular flexibility index (Phi) is 6.27. The SMILES string of the molecule is C1=C(n2c3ccc(-c4ccc(-c5ccc6c(c5)sc5ccccc56)cc4)cc3c3c4ccccc4ccc32)n2c(nc3ccccc32)-c2ccccc2C1. The molecule has 0 N–H and O–H groups in total. The van der Waals surface area contributed by atoms with Gasteiger partial charge in [-0.05, 0) is 93.6 Å². The molecule has 4 heterocycles. The van der Waals surface area contributed by atoms with Crippen LogP contribution in [0, 0.1) is 5.82 Å². The predicted molar refractivity (Wildman–Crippen MR) is 228 cm³/mol. The van der Waals surface area contributed by atoms with Gasteiger partial charge >= 0.3 is 0 Å². The van der Waals surface area contributed by atoms with Gasteiger partial charge in [-0.25, -0.2) is 4.98 Å². The Balaban J connectivity index is 1.04. The summed E-state index contributed by atoms with van der Waals surface area (Å²) >= 11 is 1.87. The second-order valence-corrected chi connectivity index (χ2v) is 15.4. The number of imidazole rings is 1. The number of benzene rings is 8. The molecule has 0 bridgehead atoms. The van der Waals surface area contributed by atoms with Crippen LogP contribution < -0.4 is 0 Å². The van der Waals surface area contributed by atoms with E-state index in [4.69, 9.17) is 4.98 Å². The van der Waals surface area contributed by atoms with E-state index in [0.29, 0.717) is 0 Å². The van der Waals surface area contributed by atoms with Crippen LogP contribution in [0.3, 0.4) is 0 Å². The molecule has 0 spiro atoms. The molecule has 3 nitrogen and oxygen atoms in total. The summed E-state index contributed by atoms with van der Waals surface area (Å²) in [6, 6.07) is 62.2. The molecule has 12 rings (SSSR count). The van der Waals surface area contributed by atoms with Crippen molar-refractivity contribution in [3.8, 4) is 33.6 Å². The Morgan fingerprint density at radius 1 is 0.463 bits per heavy atom. The molecule has 1 aliphatic heterocycles. The van der Waals surface area contributed by atoms with Gasteiger partial charge in [-0.2, -0.15) is 0 Å². The van der Waals surface area contributed by atoms with Crippen LogP contribution in [0.1, 0.15) is 5.56 Å². The molecule has 0 radical (unpaired) electrons. The van der Waals surface area contributed by atoms with Crippen molar-refractivity contribution in [2.24, 2.45) is 0 Å². The second kappa shape index (κ2) is 11.4. The summed E-state index contributed by atoms with van der Waals surface area (Å²) in [6.45, 7) is 0. The molecule has 0 saturated heterocycles. The van der Waals surface area contributed by atoms with Crippen molar-refractivity contribution < 1.29 is 0 Å². The van der Waals surface area contributed by atoms with E-state index < -0.39 is 0 Å². The van der Waals surface area contributed by atoms with Crippen LogP contribution in [-0.4, -0.2) is 14.1 Å². The van der Waals surface area contributed by atoms with Crippen molar-refractivity contribution in [2.75, 3.05) is 0 Å². The molecular weight excluding hydrogens is 675 g/mol. The number of hydrogen-bond donors (Lipinski definition) is 0. The molecule has 8 aromatic carbocycles. The van der Waals surface area contributed by atoms with E-state index in [2.05, 4.69) is 185 Å². The molecule has 0 unspecified atom stereocenters. The van der Waals surface area contributed by atoms with E-state index in [0.717, 1.165) is 29.1 Å². The maximum Gasteiger partial charge on any atom is 0.147 e. The molecule has 11 aromatic rings. The number of hydrogen-bond acceptors (Lipinski definition) is 2. The summed E-state index contributed by atoms with van der Waals surface area (Å²) in [5, 5.41) is 7.68. The second-order valence-electron chi connectivity index (χ2n) is 14.3. The number of para-hydroxylation sites is 2. The minimum absolute atomic E-state index is 0.818. The molecule has 4 heteroatoms. The van der Waals surface area contributed by atoms with Crippen molar-refractivity contribution in [1.29, 1.82) is 0 Å². The summed E-state index contributed by atoms with van der Waals surface area (Å²) in [4.78, 5) is 5.24. The summed E-state index contributed by atoms with van der Waals surface area (Å²) in [7, 11) is 0. The van der Waals surface area contributed by atoms with E-state index in [9.17, 15) is 0 Å². The third-order valence-electron chi connectivity index (χ3n) is 11.4. The van der Waals surface area contributed by atoms with Crippen LogP contribution in [0.4, 0.5) is 0 Å². The smallest absolute Gasteiger partial charge is 0.147 e. The minimum atomic E-state index is 0.818. The van der Waals surface area contributed by atoms with Gasteiger partial charge in [-0.1, -0.05) is 127 Å². The van der Waals surface area contributed by atoms with Gasteiger partial charge < -0.3 is 0 Å². The fourth-order valence-corrected chi connectivity index (χ4v) is 9.96. The van der Waals surface area contributed by atoms with Gasteiger partial charge in [0.25, 0.3) is 0 Å².